The number of nitrogens with zero attached hydrogens (tertiary/aromatic N) is 1. The Labute approximate surface area is 93.1 Å². The minimum absolute atomic E-state index is 0.726. The van der Waals surface area contributed by atoms with Crippen molar-refractivity contribution in [2.24, 2.45) is 0 Å². The second-order valence-corrected chi connectivity index (χ2v) is 4.52. The number of rotatable bonds is 4. The van der Waals surface area contributed by atoms with Gasteiger partial charge >= 0.3 is 0 Å². The van der Waals surface area contributed by atoms with E-state index in [0.717, 1.165) is 5.92 Å². The van der Waals surface area contributed by atoms with Crippen LogP contribution < -0.4 is 0 Å². The van der Waals surface area contributed by atoms with Crippen LogP contribution in [0.25, 0.3) is 0 Å². The molecule has 1 aromatic rings. The van der Waals surface area contributed by atoms with Crippen LogP contribution >= 0.6 is 0 Å². The molecule has 0 spiro atoms. The van der Waals surface area contributed by atoms with Gasteiger partial charge in [-0.3, -0.25) is 0 Å². The lowest BCUT2D eigenvalue weighted by molar-refractivity contribution is 0.310. The first-order valence-electron chi connectivity index (χ1n) is 6.17. The van der Waals surface area contributed by atoms with Crippen molar-refractivity contribution in [2.45, 2.75) is 32.1 Å². The van der Waals surface area contributed by atoms with Crippen molar-refractivity contribution in [3.63, 3.8) is 0 Å². The topological polar surface area (TPSA) is 3.24 Å². The average molecular weight is 203 g/mol. The Morgan fingerprint density at radius 2 is 1.80 bits per heavy atom. The highest BCUT2D eigenvalue weighted by Gasteiger charge is 2.17. The third-order valence-electron chi connectivity index (χ3n) is 3.44. The van der Waals surface area contributed by atoms with Gasteiger partial charge < -0.3 is 4.90 Å². The molecular weight excluding hydrogens is 182 g/mol. The second-order valence-electron chi connectivity index (χ2n) is 4.52. The lowest BCUT2D eigenvalue weighted by atomic mass is 9.96. The summed E-state index contributed by atoms with van der Waals surface area (Å²) in [6.07, 6.45) is 4.04. The molecule has 0 bridgehead atoms. The minimum atomic E-state index is 0.726. The molecule has 1 saturated heterocycles. The fourth-order valence-electron chi connectivity index (χ4n) is 2.47. The Bertz CT molecular complexity index is 275. The smallest absolute Gasteiger partial charge is 0.00502 e. The largest absolute Gasteiger partial charge is 0.303 e. The highest BCUT2D eigenvalue weighted by molar-refractivity contribution is 5.19. The lowest BCUT2D eigenvalue weighted by Crippen LogP contribution is -2.25. The van der Waals surface area contributed by atoms with Gasteiger partial charge in [0.2, 0.25) is 0 Å². The number of benzene rings is 1. The third-order valence-corrected chi connectivity index (χ3v) is 3.44. The molecule has 2 rings (SSSR count). The molecule has 0 aromatic heterocycles. The zero-order valence-corrected chi connectivity index (χ0v) is 9.65. The van der Waals surface area contributed by atoms with Gasteiger partial charge in [-0.25, -0.2) is 0 Å². The molecule has 1 aromatic carbocycles. The average Bonchev–Trinajstić information content (AvgIpc) is 2.80. The van der Waals surface area contributed by atoms with E-state index in [-0.39, 0.29) is 0 Å². The van der Waals surface area contributed by atoms with Gasteiger partial charge in [-0.2, -0.15) is 0 Å². The number of likely N-dealkylation sites (tertiary alicyclic amines) is 1. The number of hydrogen-bond acceptors (Lipinski definition) is 1. The quantitative estimate of drug-likeness (QED) is 0.726. The van der Waals surface area contributed by atoms with Crippen LogP contribution in [0.2, 0.25) is 0 Å². The molecule has 1 atom stereocenters. The third kappa shape index (κ3) is 2.82. The summed E-state index contributed by atoms with van der Waals surface area (Å²) in [5.74, 6) is 0.726. The van der Waals surface area contributed by atoms with E-state index in [1.54, 1.807) is 0 Å². The molecule has 1 aliphatic rings. The summed E-state index contributed by atoms with van der Waals surface area (Å²) < 4.78 is 0. The second kappa shape index (κ2) is 5.32. The van der Waals surface area contributed by atoms with E-state index in [4.69, 9.17) is 0 Å². The van der Waals surface area contributed by atoms with E-state index in [2.05, 4.69) is 42.2 Å². The zero-order chi connectivity index (χ0) is 10.5. The SMILES string of the molecule is CC[C@@H](CN1CCCC1)c1ccccc1. The summed E-state index contributed by atoms with van der Waals surface area (Å²) in [5, 5.41) is 0. The molecule has 0 unspecified atom stereocenters. The summed E-state index contributed by atoms with van der Waals surface area (Å²) in [4.78, 5) is 2.61. The predicted octanol–water partition coefficient (Wildman–Crippen LogP) is 3.28. The van der Waals surface area contributed by atoms with Crippen molar-refractivity contribution in [3.8, 4) is 0 Å². The van der Waals surface area contributed by atoms with Crippen molar-refractivity contribution < 1.29 is 0 Å². The first kappa shape index (κ1) is 10.7. The van der Waals surface area contributed by atoms with Crippen molar-refractivity contribution in [3.05, 3.63) is 35.9 Å². The van der Waals surface area contributed by atoms with Crippen molar-refractivity contribution in [2.75, 3.05) is 19.6 Å². The minimum Gasteiger partial charge on any atom is -0.303 e. The van der Waals surface area contributed by atoms with Crippen molar-refractivity contribution >= 4 is 0 Å². The van der Waals surface area contributed by atoms with Gasteiger partial charge in [-0.1, -0.05) is 37.3 Å². The van der Waals surface area contributed by atoms with Gasteiger partial charge in [-0.15, -0.1) is 0 Å². The zero-order valence-electron chi connectivity index (χ0n) is 9.65. The fourth-order valence-corrected chi connectivity index (χ4v) is 2.47. The van der Waals surface area contributed by atoms with Gasteiger partial charge in [0.05, 0.1) is 0 Å². The van der Waals surface area contributed by atoms with Crippen LogP contribution in [0.15, 0.2) is 30.3 Å². The van der Waals surface area contributed by atoms with E-state index >= 15 is 0 Å². The van der Waals surface area contributed by atoms with Crippen molar-refractivity contribution in [1.29, 1.82) is 0 Å². The predicted molar refractivity (Wildman–Crippen MR) is 65.1 cm³/mol. The first-order chi connectivity index (χ1) is 7.40. The number of hydrogen-bond donors (Lipinski definition) is 0. The Morgan fingerprint density at radius 3 is 2.40 bits per heavy atom. The Balaban J connectivity index is 1.97. The molecule has 1 aliphatic heterocycles. The molecule has 15 heavy (non-hydrogen) atoms. The Kier molecular flexibility index (Phi) is 3.79. The molecule has 0 amide bonds. The summed E-state index contributed by atoms with van der Waals surface area (Å²) in [7, 11) is 0. The van der Waals surface area contributed by atoms with E-state index in [9.17, 15) is 0 Å². The molecular formula is C14H21N. The van der Waals surface area contributed by atoms with Crippen LogP contribution in [0.1, 0.15) is 37.7 Å². The molecule has 82 valence electrons. The molecule has 1 heteroatoms. The molecule has 0 N–H and O–H groups in total. The monoisotopic (exact) mass is 203 g/mol. The summed E-state index contributed by atoms with van der Waals surface area (Å²) >= 11 is 0. The van der Waals surface area contributed by atoms with Crippen LogP contribution in [-0.4, -0.2) is 24.5 Å². The van der Waals surface area contributed by atoms with Crippen molar-refractivity contribution in [1.82, 2.24) is 4.90 Å². The Morgan fingerprint density at radius 1 is 1.13 bits per heavy atom. The van der Waals surface area contributed by atoms with Gasteiger partial charge in [0.15, 0.2) is 0 Å². The van der Waals surface area contributed by atoms with Gasteiger partial charge in [0.25, 0.3) is 0 Å². The normalized spacial score (nSPS) is 19.3. The fraction of sp³-hybridized carbons (Fsp3) is 0.571. The standard InChI is InChI=1S/C14H21N/c1-2-13(12-15-10-6-7-11-15)14-8-4-3-5-9-14/h3-5,8-9,13H,2,6-7,10-12H2,1H3/t13-/m0/s1. The van der Waals surface area contributed by atoms with Crippen LogP contribution in [-0.2, 0) is 0 Å². The lowest BCUT2D eigenvalue weighted by Gasteiger charge is -2.22. The van der Waals surface area contributed by atoms with Crippen LogP contribution in [0, 0.1) is 0 Å². The van der Waals surface area contributed by atoms with Gasteiger partial charge in [0.1, 0.15) is 0 Å². The van der Waals surface area contributed by atoms with E-state index in [1.807, 2.05) is 0 Å². The van der Waals surface area contributed by atoms with Crippen LogP contribution in [0.5, 0.6) is 0 Å². The Hall–Kier alpha value is -0.820. The molecule has 0 radical (unpaired) electrons. The summed E-state index contributed by atoms with van der Waals surface area (Å²) in [6, 6.07) is 10.9. The van der Waals surface area contributed by atoms with E-state index in [0.29, 0.717) is 0 Å². The van der Waals surface area contributed by atoms with E-state index in [1.165, 1.54) is 44.5 Å². The van der Waals surface area contributed by atoms with Gasteiger partial charge in [0, 0.05) is 6.54 Å². The highest BCUT2D eigenvalue weighted by atomic mass is 15.1. The van der Waals surface area contributed by atoms with Crippen LogP contribution in [0.3, 0.4) is 0 Å². The molecule has 1 fully saturated rings. The maximum Gasteiger partial charge on any atom is 0.00502 e. The maximum absolute atomic E-state index is 2.61. The molecule has 1 heterocycles. The van der Waals surface area contributed by atoms with E-state index < -0.39 is 0 Å². The molecule has 0 saturated carbocycles. The highest BCUT2D eigenvalue weighted by Crippen LogP contribution is 2.22. The molecule has 1 nitrogen and oxygen atoms in total. The van der Waals surface area contributed by atoms with Crippen LogP contribution in [0.4, 0.5) is 0 Å². The summed E-state index contributed by atoms with van der Waals surface area (Å²) in [6.45, 7) is 6.17. The summed E-state index contributed by atoms with van der Waals surface area (Å²) in [5.41, 5.74) is 1.51. The maximum atomic E-state index is 2.61. The first-order valence-corrected chi connectivity index (χ1v) is 6.17. The molecule has 0 aliphatic carbocycles. The van der Waals surface area contributed by atoms with Gasteiger partial charge in [-0.05, 0) is 43.8 Å².